The molecular formula is C22H26Cu2N18. The van der Waals surface area contributed by atoms with Crippen molar-refractivity contribution in [2.45, 2.75) is 40.8 Å². The molecule has 2 radical (unpaired) electrons. The van der Waals surface area contributed by atoms with Crippen molar-refractivity contribution in [3.8, 4) is 0 Å². The van der Waals surface area contributed by atoms with Crippen LogP contribution in [-0.2, 0) is 47.2 Å². The Morgan fingerprint density at radius 2 is 0.833 bits per heavy atom. The van der Waals surface area contributed by atoms with Crippen LogP contribution in [0.3, 0.4) is 0 Å². The van der Waals surface area contributed by atoms with Gasteiger partial charge in [0.15, 0.2) is 0 Å². The Hall–Kier alpha value is -5.00. The third-order valence-electron chi connectivity index (χ3n) is 4.28. The van der Waals surface area contributed by atoms with Crippen LogP contribution in [0.1, 0.15) is 34.2 Å². The SMILES string of the molecule is Cc1cc(C)n(Cc2ccccn2)n1.Cc1cc(C)n(Cc2ccccn2)n1.[Cu+2].[Cu+2].[N-]=[N+]=[N-].[N-]=[N+]=[N-].[N-]=[N+]=[N-].[N-]=[N+]=[N-]. The Kier molecular flexibility index (Phi) is 30.4. The zero-order valence-electron chi connectivity index (χ0n) is 22.8. The third-order valence-corrected chi connectivity index (χ3v) is 4.28. The molecule has 0 saturated heterocycles. The molecule has 42 heavy (non-hydrogen) atoms. The van der Waals surface area contributed by atoms with Crippen LogP contribution >= 0.6 is 0 Å². The van der Waals surface area contributed by atoms with Gasteiger partial charge in [0.2, 0.25) is 0 Å². The van der Waals surface area contributed by atoms with Crippen LogP contribution in [0, 0.1) is 27.7 Å². The second-order valence-corrected chi connectivity index (χ2v) is 7.17. The first-order valence-electron chi connectivity index (χ1n) is 10.9. The van der Waals surface area contributed by atoms with Gasteiger partial charge in [0.05, 0.1) is 35.9 Å². The van der Waals surface area contributed by atoms with Crippen LogP contribution in [0.2, 0.25) is 0 Å². The molecule has 4 aromatic rings. The van der Waals surface area contributed by atoms with Crippen LogP contribution < -0.4 is 0 Å². The fraction of sp³-hybridized carbons (Fsp3) is 0.273. The van der Waals surface area contributed by atoms with E-state index >= 15 is 0 Å². The number of hydrogen-bond donors (Lipinski definition) is 0. The predicted octanol–water partition coefficient (Wildman–Crippen LogP) is 7.35. The van der Waals surface area contributed by atoms with Crippen molar-refractivity contribution >= 4 is 0 Å². The van der Waals surface area contributed by atoms with E-state index in [1.54, 1.807) is 12.4 Å². The van der Waals surface area contributed by atoms with E-state index in [-0.39, 0.29) is 34.1 Å². The number of aryl methyl sites for hydroxylation is 4. The zero-order valence-corrected chi connectivity index (χ0v) is 24.7. The van der Waals surface area contributed by atoms with E-state index in [0.717, 1.165) is 35.9 Å². The summed E-state index contributed by atoms with van der Waals surface area (Å²) in [5.74, 6) is 0. The van der Waals surface area contributed by atoms with Crippen molar-refractivity contribution in [2.75, 3.05) is 0 Å². The van der Waals surface area contributed by atoms with E-state index in [0.29, 0.717) is 0 Å². The van der Waals surface area contributed by atoms with Gasteiger partial charge in [-0.25, -0.2) is 0 Å². The number of hydrogen-bond acceptors (Lipinski definition) is 4. The second kappa shape index (κ2) is 29.0. The van der Waals surface area contributed by atoms with Gasteiger partial charge in [0.25, 0.3) is 0 Å². The molecule has 226 valence electrons. The van der Waals surface area contributed by atoms with Crippen molar-refractivity contribution in [1.29, 1.82) is 0 Å². The van der Waals surface area contributed by atoms with Crippen molar-refractivity contribution < 1.29 is 34.1 Å². The van der Waals surface area contributed by atoms with E-state index < -0.39 is 0 Å². The normalized spacial score (nSPS) is 7.71. The van der Waals surface area contributed by atoms with E-state index in [2.05, 4.69) is 46.1 Å². The molecule has 0 N–H and O–H groups in total. The third kappa shape index (κ3) is 21.9. The standard InChI is InChI=1S/2C11H13N3.2Cu.4N3/c2*1-9-7-10(2)14(13-9)8-11-5-3-4-6-12-11;;;4*1-3-2/h2*3-7H,8H2,1-2H3;;;;;;/q;;2*+2;4*-1. The largest absolute Gasteiger partial charge is 2.00 e. The Morgan fingerprint density at radius 1 is 0.548 bits per heavy atom. The summed E-state index contributed by atoms with van der Waals surface area (Å²) in [5, 5.41) is 8.76. The van der Waals surface area contributed by atoms with Gasteiger partial charge in [-0.2, -0.15) is 10.2 Å². The Morgan fingerprint density at radius 3 is 1.02 bits per heavy atom. The molecule has 4 rings (SSSR count). The molecule has 0 unspecified atom stereocenters. The van der Waals surface area contributed by atoms with Crippen LogP contribution in [0.15, 0.2) is 60.9 Å². The predicted molar refractivity (Wildman–Crippen MR) is 150 cm³/mol. The van der Waals surface area contributed by atoms with Gasteiger partial charge in [-0.1, -0.05) is 12.1 Å². The number of pyridine rings is 2. The van der Waals surface area contributed by atoms with Crippen molar-refractivity contribution in [2.24, 2.45) is 0 Å². The quantitative estimate of drug-likeness (QED) is 0.0930. The summed E-state index contributed by atoms with van der Waals surface area (Å²) in [6, 6.07) is 16.0. The minimum Gasteiger partial charge on any atom is -0.373 e. The van der Waals surface area contributed by atoms with Crippen LogP contribution in [0.4, 0.5) is 0 Å². The molecule has 0 aliphatic rings. The summed E-state index contributed by atoms with van der Waals surface area (Å²) in [6.07, 6.45) is 3.61. The number of rotatable bonds is 4. The second-order valence-electron chi connectivity index (χ2n) is 7.17. The molecule has 0 aliphatic heterocycles. The van der Waals surface area contributed by atoms with Gasteiger partial charge in [-0.05, 0) is 64.1 Å². The molecule has 0 amide bonds. The number of aromatic nitrogens is 6. The first-order chi connectivity index (χ1) is 19.2. The molecule has 20 heteroatoms. The van der Waals surface area contributed by atoms with Gasteiger partial charge >= 0.3 is 34.1 Å². The van der Waals surface area contributed by atoms with Gasteiger partial charge in [-0.3, -0.25) is 39.0 Å². The first-order valence-corrected chi connectivity index (χ1v) is 10.9. The Labute approximate surface area is 262 Å². The first kappa shape index (κ1) is 44.0. The smallest absolute Gasteiger partial charge is 0.373 e. The topological polar surface area (TPSA) is 296 Å². The molecule has 4 aromatic heterocycles. The van der Waals surface area contributed by atoms with Gasteiger partial charge in [-0.15, -0.1) is 0 Å². The van der Waals surface area contributed by atoms with Gasteiger partial charge in [0.1, 0.15) is 0 Å². The maximum atomic E-state index is 6.75. The molecule has 0 aromatic carbocycles. The summed E-state index contributed by atoms with van der Waals surface area (Å²) in [7, 11) is 0. The fourth-order valence-electron chi connectivity index (χ4n) is 2.96. The molecule has 4 heterocycles. The summed E-state index contributed by atoms with van der Waals surface area (Å²) >= 11 is 0. The maximum absolute atomic E-state index is 6.75. The van der Waals surface area contributed by atoms with Crippen molar-refractivity contribution in [3.05, 3.63) is 159 Å². The van der Waals surface area contributed by atoms with Crippen LogP contribution in [-0.4, -0.2) is 29.5 Å². The van der Waals surface area contributed by atoms with E-state index in [9.17, 15) is 0 Å². The molecule has 0 saturated carbocycles. The van der Waals surface area contributed by atoms with Gasteiger partial charge < -0.3 is 44.2 Å². The monoisotopic (exact) mass is 668 g/mol. The summed E-state index contributed by atoms with van der Waals surface area (Å²) < 4.78 is 3.94. The van der Waals surface area contributed by atoms with Crippen molar-refractivity contribution in [3.63, 3.8) is 0 Å². The average molecular weight is 670 g/mol. The summed E-state index contributed by atoms with van der Waals surface area (Å²) in [6.45, 7) is 9.62. The minimum atomic E-state index is 0. The Bertz CT molecular complexity index is 1250. The molecule has 0 fully saturated rings. The molecule has 0 spiro atoms. The number of nitrogens with zero attached hydrogens (tertiary/aromatic N) is 18. The summed E-state index contributed by atoms with van der Waals surface area (Å²) in [4.78, 5) is 14.5. The molecule has 18 nitrogen and oxygen atoms in total. The summed E-state index contributed by atoms with van der Waals surface area (Å²) in [5.41, 5.74) is 60.5. The molecule has 0 atom stereocenters. The van der Waals surface area contributed by atoms with Crippen molar-refractivity contribution in [1.82, 2.24) is 29.5 Å². The maximum Gasteiger partial charge on any atom is 2.00 e. The fourth-order valence-corrected chi connectivity index (χ4v) is 2.96. The average Bonchev–Trinajstić information content (AvgIpc) is 3.40. The van der Waals surface area contributed by atoms with Gasteiger partial charge in [0, 0.05) is 23.8 Å². The van der Waals surface area contributed by atoms with Crippen LogP contribution in [0.25, 0.3) is 63.9 Å². The van der Waals surface area contributed by atoms with E-state index in [1.807, 2.05) is 59.6 Å². The molecule has 0 bridgehead atoms. The molecular weight excluding hydrogens is 643 g/mol. The molecule has 0 aliphatic carbocycles. The minimum absolute atomic E-state index is 0. The zero-order chi connectivity index (χ0) is 30.8. The van der Waals surface area contributed by atoms with Crippen LogP contribution in [0.5, 0.6) is 0 Å². The van der Waals surface area contributed by atoms with E-state index in [4.69, 9.17) is 44.2 Å². The van der Waals surface area contributed by atoms with E-state index in [1.165, 1.54) is 31.0 Å². The Balaban J connectivity index is -0.000000243.